The number of carbonyl (C=O) groups excluding carboxylic acids is 1. The Morgan fingerprint density at radius 1 is 1.45 bits per heavy atom. The Bertz CT molecular complexity index is 161. The van der Waals surface area contributed by atoms with Crippen LogP contribution in [0.4, 0.5) is 0 Å². The van der Waals surface area contributed by atoms with Crippen molar-refractivity contribution in [3.8, 4) is 0 Å². The number of rotatable bonds is 5. The molecule has 1 amide bonds. The maximum absolute atomic E-state index is 10.7. The van der Waals surface area contributed by atoms with Crippen LogP contribution in [0.3, 0.4) is 0 Å². The lowest BCUT2D eigenvalue weighted by Crippen LogP contribution is -1.91. The van der Waals surface area contributed by atoms with E-state index < -0.39 is 0 Å². The highest BCUT2D eigenvalue weighted by molar-refractivity contribution is 7.78. The number of carbonyl (C=O) groups is 1. The van der Waals surface area contributed by atoms with Crippen molar-refractivity contribution in [3.05, 3.63) is 0 Å². The molecule has 0 aliphatic heterocycles. The third-order valence-corrected chi connectivity index (χ3v) is 1.51. The van der Waals surface area contributed by atoms with E-state index >= 15 is 0 Å². The van der Waals surface area contributed by atoms with Gasteiger partial charge in [0.2, 0.25) is 0 Å². The van der Waals surface area contributed by atoms with Crippen molar-refractivity contribution in [2.45, 2.75) is 39.0 Å². The molecule has 0 aliphatic rings. The molecule has 0 aromatic rings. The van der Waals surface area contributed by atoms with Crippen LogP contribution in [-0.4, -0.2) is 11.1 Å². The highest BCUT2D eigenvalue weighted by Crippen LogP contribution is 2.02. The van der Waals surface area contributed by atoms with Crippen LogP contribution in [0.1, 0.15) is 39.0 Å². The zero-order valence-corrected chi connectivity index (χ0v) is 7.62. The van der Waals surface area contributed by atoms with Gasteiger partial charge in [0.05, 0.1) is 5.16 Å². The summed E-state index contributed by atoms with van der Waals surface area (Å²) in [6.07, 6.45) is 4.92. The smallest absolute Gasteiger partial charge is 0.254 e. The van der Waals surface area contributed by atoms with Crippen molar-refractivity contribution >= 4 is 23.3 Å². The summed E-state index contributed by atoms with van der Waals surface area (Å²) in [6, 6.07) is 0. The van der Waals surface area contributed by atoms with E-state index in [0.29, 0.717) is 6.42 Å². The van der Waals surface area contributed by atoms with Crippen LogP contribution >= 0.6 is 12.2 Å². The molecule has 0 spiro atoms. The third kappa shape index (κ3) is 7.37. The summed E-state index contributed by atoms with van der Waals surface area (Å²) in [5.74, 6) is -0.142. The number of hydrogen-bond acceptors (Lipinski definition) is 2. The second-order valence-electron chi connectivity index (χ2n) is 2.41. The predicted octanol–water partition coefficient (Wildman–Crippen LogP) is 2.59. The van der Waals surface area contributed by atoms with E-state index in [9.17, 15) is 4.79 Å². The molecule has 62 valence electrons. The molecule has 0 aromatic carbocycles. The standard InChI is InChI=1S/C8H13NOS/c1-2-3-4-5-6-8(10)9-7-11/h2-6H2,1H3. The molecule has 0 bridgehead atoms. The van der Waals surface area contributed by atoms with Gasteiger partial charge in [0, 0.05) is 6.42 Å². The monoisotopic (exact) mass is 171 g/mol. The lowest BCUT2D eigenvalue weighted by molar-refractivity contribution is -0.117. The molecular weight excluding hydrogens is 158 g/mol. The number of thiocarbonyl (C=S) groups is 1. The van der Waals surface area contributed by atoms with E-state index in [4.69, 9.17) is 0 Å². The zero-order chi connectivity index (χ0) is 8.53. The summed E-state index contributed by atoms with van der Waals surface area (Å²) in [4.78, 5) is 14.1. The van der Waals surface area contributed by atoms with E-state index in [2.05, 4.69) is 29.3 Å². The highest BCUT2D eigenvalue weighted by Gasteiger charge is 1.96. The average Bonchev–Trinajstić information content (AvgIpc) is 1.99. The van der Waals surface area contributed by atoms with E-state index in [0.717, 1.165) is 12.8 Å². The van der Waals surface area contributed by atoms with Gasteiger partial charge in [0.25, 0.3) is 5.91 Å². The molecule has 0 saturated carbocycles. The fourth-order valence-corrected chi connectivity index (χ4v) is 0.912. The minimum absolute atomic E-state index is 0.142. The molecule has 0 radical (unpaired) electrons. The first-order valence-corrected chi connectivity index (χ1v) is 4.32. The van der Waals surface area contributed by atoms with Gasteiger partial charge >= 0.3 is 0 Å². The van der Waals surface area contributed by atoms with Crippen molar-refractivity contribution in [1.82, 2.24) is 0 Å². The van der Waals surface area contributed by atoms with E-state index in [1.807, 2.05) is 0 Å². The molecule has 0 aromatic heterocycles. The van der Waals surface area contributed by atoms with Crippen LogP contribution in [0.5, 0.6) is 0 Å². The zero-order valence-electron chi connectivity index (χ0n) is 6.80. The molecule has 0 saturated heterocycles. The molecule has 0 unspecified atom stereocenters. The van der Waals surface area contributed by atoms with E-state index in [1.54, 1.807) is 0 Å². The Morgan fingerprint density at radius 2 is 2.18 bits per heavy atom. The fraction of sp³-hybridized carbons (Fsp3) is 0.750. The van der Waals surface area contributed by atoms with Gasteiger partial charge in [-0.3, -0.25) is 4.79 Å². The first-order valence-electron chi connectivity index (χ1n) is 3.92. The summed E-state index contributed by atoms with van der Waals surface area (Å²) in [5.41, 5.74) is 0. The predicted molar refractivity (Wildman–Crippen MR) is 48.8 cm³/mol. The van der Waals surface area contributed by atoms with Gasteiger partial charge in [-0.1, -0.05) is 26.2 Å². The summed E-state index contributed by atoms with van der Waals surface area (Å²) < 4.78 is 0. The van der Waals surface area contributed by atoms with Gasteiger partial charge in [-0.25, -0.2) is 0 Å². The molecule has 3 heteroatoms. The van der Waals surface area contributed by atoms with Crippen molar-refractivity contribution in [2.75, 3.05) is 0 Å². The summed E-state index contributed by atoms with van der Waals surface area (Å²) in [7, 11) is 0. The van der Waals surface area contributed by atoms with Gasteiger partial charge in [0.15, 0.2) is 0 Å². The molecule has 0 fully saturated rings. The minimum atomic E-state index is -0.142. The van der Waals surface area contributed by atoms with Crippen LogP contribution in [0.15, 0.2) is 4.99 Å². The van der Waals surface area contributed by atoms with Crippen molar-refractivity contribution in [2.24, 2.45) is 4.99 Å². The Balaban J connectivity index is 3.24. The number of unbranched alkanes of at least 4 members (excludes halogenated alkanes) is 3. The normalized spacial score (nSPS) is 8.82. The highest BCUT2D eigenvalue weighted by atomic mass is 32.1. The summed E-state index contributed by atoms with van der Waals surface area (Å²) >= 11 is 4.29. The molecule has 0 heterocycles. The second-order valence-corrected chi connectivity index (χ2v) is 2.59. The number of hydrogen-bond donors (Lipinski definition) is 0. The van der Waals surface area contributed by atoms with E-state index in [1.165, 1.54) is 12.8 Å². The largest absolute Gasteiger partial charge is 0.272 e. The maximum atomic E-state index is 10.7. The third-order valence-electron chi connectivity index (χ3n) is 1.41. The first-order chi connectivity index (χ1) is 5.31. The number of aliphatic imine (C=N–C) groups is 1. The second kappa shape index (κ2) is 7.58. The van der Waals surface area contributed by atoms with Crippen molar-refractivity contribution < 1.29 is 4.79 Å². The number of amides is 1. The Hall–Kier alpha value is -0.530. The van der Waals surface area contributed by atoms with Crippen LogP contribution in [0.25, 0.3) is 0 Å². The molecule has 2 nitrogen and oxygen atoms in total. The minimum Gasteiger partial charge on any atom is -0.272 e. The molecule has 11 heavy (non-hydrogen) atoms. The molecule has 0 rings (SSSR count). The maximum Gasteiger partial charge on any atom is 0.254 e. The lowest BCUT2D eigenvalue weighted by Gasteiger charge is -1.93. The number of nitrogens with zero attached hydrogens (tertiary/aromatic N) is 1. The van der Waals surface area contributed by atoms with Crippen molar-refractivity contribution in [1.29, 1.82) is 0 Å². The fourth-order valence-electron chi connectivity index (χ4n) is 0.810. The number of isothiocyanates is 1. The Kier molecular flexibility index (Phi) is 7.21. The molecule has 0 aliphatic carbocycles. The van der Waals surface area contributed by atoms with Gasteiger partial charge < -0.3 is 0 Å². The molecule has 0 atom stereocenters. The first kappa shape index (κ1) is 10.5. The summed E-state index contributed by atoms with van der Waals surface area (Å²) in [6.45, 7) is 2.14. The quantitative estimate of drug-likeness (QED) is 0.361. The van der Waals surface area contributed by atoms with Crippen molar-refractivity contribution in [3.63, 3.8) is 0 Å². The summed E-state index contributed by atoms with van der Waals surface area (Å²) in [5, 5.41) is 2.07. The van der Waals surface area contributed by atoms with Crippen LogP contribution < -0.4 is 0 Å². The van der Waals surface area contributed by atoms with Crippen LogP contribution in [-0.2, 0) is 4.79 Å². The van der Waals surface area contributed by atoms with Crippen LogP contribution in [0, 0.1) is 0 Å². The van der Waals surface area contributed by atoms with Gasteiger partial charge in [-0.15, -0.1) is 0 Å². The SMILES string of the molecule is CCCCCCC(=O)N=C=S. The molecular formula is C8H13NOS. The van der Waals surface area contributed by atoms with Gasteiger partial charge in [-0.05, 0) is 18.6 Å². The topological polar surface area (TPSA) is 29.4 Å². The van der Waals surface area contributed by atoms with Crippen LogP contribution in [0.2, 0.25) is 0 Å². The average molecular weight is 171 g/mol. The lowest BCUT2D eigenvalue weighted by atomic mass is 10.1. The Labute approximate surface area is 72.7 Å². The van der Waals surface area contributed by atoms with E-state index in [-0.39, 0.29) is 5.91 Å². The van der Waals surface area contributed by atoms with Gasteiger partial charge in [-0.2, -0.15) is 4.99 Å². The van der Waals surface area contributed by atoms with Gasteiger partial charge in [0.1, 0.15) is 0 Å². The molecule has 0 N–H and O–H groups in total. The Morgan fingerprint density at radius 3 is 2.73 bits per heavy atom.